The molecular formula is C25H23Cl3FN3O3S. The van der Waals surface area contributed by atoms with E-state index in [1.165, 1.54) is 30.3 Å². The van der Waals surface area contributed by atoms with Crippen LogP contribution in [0.5, 0.6) is 0 Å². The second-order valence-electron chi connectivity index (χ2n) is 8.25. The monoisotopic (exact) mass is 569 g/mol. The Morgan fingerprint density at radius 1 is 0.861 bits per heavy atom. The molecule has 0 saturated carbocycles. The van der Waals surface area contributed by atoms with Gasteiger partial charge in [-0.3, -0.25) is 4.79 Å². The summed E-state index contributed by atoms with van der Waals surface area (Å²) in [4.78, 5) is 16.7. The zero-order valence-electron chi connectivity index (χ0n) is 19.1. The van der Waals surface area contributed by atoms with Crippen molar-refractivity contribution in [3.05, 3.63) is 93.2 Å². The summed E-state index contributed by atoms with van der Waals surface area (Å²) in [5.74, 6) is -0.696. The van der Waals surface area contributed by atoms with Crippen molar-refractivity contribution in [3.8, 4) is 0 Å². The molecule has 3 aromatic rings. The fourth-order valence-electron chi connectivity index (χ4n) is 4.00. The summed E-state index contributed by atoms with van der Waals surface area (Å²) in [5.41, 5.74) is 0.875. The first kappa shape index (κ1) is 26.7. The van der Waals surface area contributed by atoms with Gasteiger partial charge in [-0.15, -0.1) is 0 Å². The predicted molar refractivity (Wildman–Crippen MR) is 141 cm³/mol. The number of rotatable bonds is 7. The Morgan fingerprint density at radius 3 is 2.08 bits per heavy atom. The van der Waals surface area contributed by atoms with Crippen LogP contribution in [-0.2, 0) is 21.4 Å². The standard InChI is InChI=1S/C25H23Cl3FN3O3S/c26-18-8-10-19(11-9-18)36(34,35)32(16-20-21(27)4-3-5-22(20)28)17-25(33)31-14-12-30(13-15-31)24-7-2-1-6-23(24)29/h1-11H,12-17H2. The van der Waals surface area contributed by atoms with Crippen molar-refractivity contribution in [3.63, 3.8) is 0 Å². The summed E-state index contributed by atoms with van der Waals surface area (Å²) in [5, 5.41) is 0.980. The summed E-state index contributed by atoms with van der Waals surface area (Å²) >= 11 is 18.5. The largest absolute Gasteiger partial charge is 0.366 e. The van der Waals surface area contributed by atoms with E-state index in [1.807, 2.05) is 4.90 Å². The van der Waals surface area contributed by atoms with Crippen LogP contribution in [0.3, 0.4) is 0 Å². The van der Waals surface area contributed by atoms with E-state index in [4.69, 9.17) is 34.8 Å². The normalized spacial score (nSPS) is 14.4. The van der Waals surface area contributed by atoms with Crippen molar-refractivity contribution >= 4 is 56.4 Å². The molecule has 0 aromatic heterocycles. The van der Waals surface area contributed by atoms with Crippen LogP contribution in [0.25, 0.3) is 0 Å². The van der Waals surface area contributed by atoms with Gasteiger partial charge in [0.25, 0.3) is 0 Å². The van der Waals surface area contributed by atoms with E-state index < -0.39 is 16.6 Å². The van der Waals surface area contributed by atoms with E-state index in [0.29, 0.717) is 52.5 Å². The van der Waals surface area contributed by atoms with Crippen LogP contribution in [-0.4, -0.2) is 56.3 Å². The number of piperazine rings is 1. The van der Waals surface area contributed by atoms with E-state index in [2.05, 4.69) is 0 Å². The molecule has 1 heterocycles. The molecule has 0 aliphatic carbocycles. The van der Waals surface area contributed by atoms with Crippen LogP contribution in [0.4, 0.5) is 10.1 Å². The number of benzene rings is 3. The van der Waals surface area contributed by atoms with Crippen LogP contribution in [0.1, 0.15) is 5.56 Å². The minimum absolute atomic E-state index is 0.00718. The highest BCUT2D eigenvalue weighted by atomic mass is 35.5. The first-order chi connectivity index (χ1) is 17.2. The number of amides is 1. The number of hydrogen-bond acceptors (Lipinski definition) is 4. The summed E-state index contributed by atoms with van der Waals surface area (Å²) in [7, 11) is -4.09. The number of nitrogens with zero attached hydrogens (tertiary/aromatic N) is 3. The Kier molecular flexibility index (Phi) is 8.42. The molecular weight excluding hydrogens is 548 g/mol. The topological polar surface area (TPSA) is 60.9 Å². The second-order valence-corrected chi connectivity index (χ2v) is 11.4. The maximum atomic E-state index is 14.2. The van der Waals surface area contributed by atoms with Gasteiger partial charge in [-0.2, -0.15) is 4.31 Å². The first-order valence-electron chi connectivity index (χ1n) is 11.1. The molecule has 0 N–H and O–H groups in total. The number of carbonyl (C=O) groups excluding carboxylic acids is 1. The predicted octanol–water partition coefficient (Wildman–Crippen LogP) is 5.33. The van der Waals surface area contributed by atoms with E-state index in [0.717, 1.165) is 4.31 Å². The molecule has 3 aromatic carbocycles. The molecule has 190 valence electrons. The smallest absolute Gasteiger partial charge is 0.243 e. The third-order valence-corrected chi connectivity index (χ3v) is 8.75. The Bertz CT molecular complexity index is 1330. The summed E-state index contributed by atoms with van der Waals surface area (Å²) in [6.45, 7) is 0.903. The highest BCUT2D eigenvalue weighted by molar-refractivity contribution is 7.89. The van der Waals surface area contributed by atoms with Gasteiger partial charge in [0, 0.05) is 53.4 Å². The van der Waals surface area contributed by atoms with Crippen LogP contribution in [0, 0.1) is 5.82 Å². The zero-order chi connectivity index (χ0) is 25.9. The molecule has 0 bridgehead atoms. The van der Waals surface area contributed by atoms with Crippen molar-refractivity contribution in [1.29, 1.82) is 0 Å². The molecule has 1 aliphatic rings. The number of para-hydroxylation sites is 1. The van der Waals surface area contributed by atoms with Gasteiger partial charge < -0.3 is 9.80 Å². The van der Waals surface area contributed by atoms with E-state index >= 15 is 0 Å². The Hall–Kier alpha value is -2.36. The molecule has 4 rings (SSSR count). The number of hydrogen-bond donors (Lipinski definition) is 0. The van der Waals surface area contributed by atoms with Crippen molar-refractivity contribution < 1.29 is 17.6 Å². The van der Waals surface area contributed by atoms with Crippen molar-refractivity contribution in [1.82, 2.24) is 9.21 Å². The van der Waals surface area contributed by atoms with Gasteiger partial charge in [0.15, 0.2) is 0 Å². The lowest BCUT2D eigenvalue weighted by Crippen LogP contribution is -2.52. The lowest BCUT2D eigenvalue weighted by Gasteiger charge is -2.37. The molecule has 0 unspecified atom stereocenters. The van der Waals surface area contributed by atoms with Crippen LogP contribution in [0.15, 0.2) is 71.6 Å². The quantitative estimate of drug-likeness (QED) is 0.386. The summed E-state index contributed by atoms with van der Waals surface area (Å²) in [6.07, 6.45) is 0. The van der Waals surface area contributed by atoms with Crippen LogP contribution < -0.4 is 4.90 Å². The zero-order valence-corrected chi connectivity index (χ0v) is 22.2. The van der Waals surface area contributed by atoms with Gasteiger partial charge in [0.1, 0.15) is 5.82 Å². The fourth-order valence-corrected chi connectivity index (χ4v) is 6.00. The molecule has 1 amide bonds. The highest BCUT2D eigenvalue weighted by Gasteiger charge is 2.31. The van der Waals surface area contributed by atoms with Gasteiger partial charge in [0.05, 0.1) is 17.1 Å². The fraction of sp³-hybridized carbons (Fsp3) is 0.240. The molecule has 36 heavy (non-hydrogen) atoms. The minimum Gasteiger partial charge on any atom is -0.366 e. The molecule has 11 heteroatoms. The average Bonchev–Trinajstić information content (AvgIpc) is 2.86. The number of halogens is 4. The van der Waals surface area contributed by atoms with Crippen LogP contribution in [0.2, 0.25) is 15.1 Å². The number of sulfonamides is 1. The molecule has 0 spiro atoms. The van der Waals surface area contributed by atoms with Gasteiger partial charge in [-0.05, 0) is 48.5 Å². The summed E-state index contributed by atoms with van der Waals surface area (Å²) in [6, 6.07) is 17.1. The van der Waals surface area contributed by atoms with Gasteiger partial charge >= 0.3 is 0 Å². The van der Waals surface area contributed by atoms with Gasteiger partial charge in [-0.25, -0.2) is 12.8 Å². The van der Waals surface area contributed by atoms with Crippen molar-refractivity contribution in [2.45, 2.75) is 11.4 Å². The number of anilines is 1. The first-order valence-corrected chi connectivity index (χ1v) is 13.7. The Balaban J connectivity index is 1.54. The number of carbonyl (C=O) groups is 1. The SMILES string of the molecule is O=C(CN(Cc1c(Cl)cccc1Cl)S(=O)(=O)c1ccc(Cl)cc1)N1CCN(c2ccccc2F)CC1. The Morgan fingerprint density at radius 2 is 1.47 bits per heavy atom. The Labute approximate surface area is 224 Å². The lowest BCUT2D eigenvalue weighted by molar-refractivity contribution is -0.131. The molecule has 0 atom stereocenters. The van der Waals surface area contributed by atoms with E-state index in [9.17, 15) is 17.6 Å². The van der Waals surface area contributed by atoms with Gasteiger partial charge in [0.2, 0.25) is 15.9 Å². The van der Waals surface area contributed by atoms with Gasteiger partial charge in [-0.1, -0.05) is 53.0 Å². The molecule has 6 nitrogen and oxygen atoms in total. The van der Waals surface area contributed by atoms with Crippen molar-refractivity contribution in [2.75, 3.05) is 37.6 Å². The second kappa shape index (κ2) is 11.4. The third kappa shape index (κ3) is 5.95. The molecule has 1 saturated heterocycles. The summed E-state index contributed by atoms with van der Waals surface area (Å²) < 4.78 is 42.3. The lowest BCUT2D eigenvalue weighted by atomic mass is 10.2. The maximum absolute atomic E-state index is 14.2. The van der Waals surface area contributed by atoms with Crippen molar-refractivity contribution in [2.24, 2.45) is 0 Å². The molecule has 1 fully saturated rings. The van der Waals surface area contributed by atoms with E-state index in [-0.39, 0.29) is 23.2 Å². The minimum atomic E-state index is -4.09. The molecule has 0 radical (unpaired) electrons. The maximum Gasteiger partial charge on any atom is 0.243 e. The van der Waals surface area contributed by atoms with E-state index in [1.54, 1.807) is 41.3 Å². The highest BCUT2D eigenvalue weighted by Crippen LogP contribution is 2.29. The molecule has 1 aliphatic heterocycles. The van der Waals surface area contributed by atoms with Crippen LogP contribution >= 0.6 is 34.8 Å². The average molecular weight is 571 g/mol. The third-order valence-electron chi connectivity index (χ3n) is 5.98.